The predicted octanol–water partition coefficient (Wildman–Crippen LogP) is 3.69. The molecule has 1 saturated carbocycles. The van der Waals surface area contributed by atoms with Gasteiger partial charge in [-0.25, -0.2) is 0 Å². The van der Waals surface area contributed by atoms with Gasteiger partial charge in [0.2, 0.25) is 5.91 Å². The first kappa shape index (κ1) is 28.1. The molecule has 4 rings (SSSR count). The number of benzene rings is 1. The zero-order valence-electron chi connectivity index (χ0n) is 22.8. The van der Waals surface area contributed by atoms with Crippen LogP contribution in [0.25, 0.3) is 0 Å². The van der Waals surface area contributed by atoms with Gasteiger partial charge in [0.05, 0.1) is 24.3 Å². The van der Waals surface area contributed by atoms with Crippen LogP contribution in [-0.2, 0) is 15.0 Å². The van der Waals surface area contributed by atoms with Crippen molar-refractivity contribution in [1.82, 2.24) is 15.2 Å². The summed E-state index contributed by atoms with van der Waals surface area (Å²) in [7, 11) is 0. The highest BCUT2D eigenvalue weighted by Gasteiger charge is 2.43. The van der Waals surface area contributed by atoms with Gasteiger partial charge in [-0.05, 0) is 42.0 Å². The molecule has 1 saturated heterocycles. The third-order valence-corrected chi connectivity index (χ3v) is 7.67. The fraction of sp³-hybridized carbons (Fsp3) is 0.500. The first-order valence-electron chi connectivity index (χ1n) is 13.6. The van der Waals surface area contributed by atoms with E-state index in [2.05, 4.69) is 37.1 Å². The minimum absolute atomic E-state index is 0.0277. The van der Waals surface area contributed by atoms with E-state index in [-0.39, 0.29) is 30.0 Å². The van der Waals surface area contributed by atoms with Crippen LogP contribution < -0.4 is 10.2 Å². The topological polar surface area (TPSA) is 133 Å². The molecular formula is C30H36N6O3. The van der Waals surface area contributed by atoms with E-state index in [1.54, 1.807) is 12.1 Å². The number of β-amino-alcohol motifs (C(OH)–C–C–N with tert-alkyl or cyclic N) is 1. The van der Waals surface area contributed by atoms with Gasteiger partial charge in [-0.2, -0.15) is 10.5 Å². The number of anilines is 1. The van der Waals surface area contributed by atoms with Crippen LogP contribution in [0.3, 0.4) is 0 Å². The Kier molecular flexibility index (Phi) is 8.52. The molecular weight excluding hydrogens is 492 g/mol. The summed E-state index contributed by atoms with van der Waals surface area (Å²) in [6, 6.07) is 8.94. The van der Waals surface area contributed by atoms with Crippen molar-refractivity contribution in [3.8, 4) is 12.3 Å². The number of carbonyl (C=O) groups excluding carboxylic acids is 2. The number of rotatable bonds is 6. The number of aliphatic hydroxyl groups excluding tert-OH is 1. The highest BCUT2D eigenvalue weighted by atomic mass is 16.3. The summed E-state index contributed by atoms with van der Waals surface area (Å²) in [4.78, 5) is 35.2. The Hall–Kier alpha value is -3.95. The van der Waals surface area contributed by atoms with Crippen LogP contribution in [0.5, 0.6) is 0 Å². The van der Waals surface area contributed by atoms with Gasteiger partial charge in [-0.3, -0.25) is 24.4 Å². The van der Waals surface area contributed by atoms with Crippen LogP contribution in [0.1, 0.15) is 82.0 Å². The minimum atomic E-state index is -1.19. The Labute approximate surface area is 230 Å². The van der Waals surface area contributed by atoms with Crippen LogP contribution >= 0.6 is 0 Å². The van der Waals surface area contributed by atoms with E-state index < -0.39 is 30.0 Å². The van der Waals surface area contributed by atoms with E-state index >= 15 is 0 Å². The van der Waals surface area contributed by atoms with Crippen LogP contribution in [0, 0.1) is 22.8 Å². The third-order valence-electron chi connectivity index (χ3n) is 7.67. The molecule has 1 aromatic heterocycles. The van der Waals surface area contributed by atoms with Gasteiger partial charge in [-0.15, -0.1) is 0 Å². The van der Waals surface area contributed by atoms with E-state index in [0.717, 1.165) is 37.7 Å². The Morgan fingerprint density at radius 1 is 1.13 bits per heavy atom. The maximum atomic E-state index is 14.3. The number of hydrogen-bond acceptors (Lipinski definition) is 7. The Balaban J connectivity index is 1.85. The van der Waals surface area contributed by atoms with Gasteiger partial charge in [0, 0.05) is 36.1 Å². The van der Waals surface area contributed by atoms with Gasteiger partial charge in [0.15, 0.2) is 6.19 Å². The number of nitrogens with zero attached hydrogens (tertiary/aromatic N) is 5. The van der Waals surface area contributed by atoms with E-state index in [1.165, 1.54) is 28.3 Å². The normalized spacial score (nSPS) is 20.5. The molecule has 0 spiro atoms. The van der Waals surface area contributed by atoms with Gasteiger partial charge in [0.25, 0.3) is 5.91 Å². The SMILES string of the molecule is CC(C)(C)c1ccc(N(C(=O)C2CC(O)CN2C#N)C(C(=O)NC2CCCCC2)c2cnccc2C#N)cc1. The predicted molar refractivity (Wildman–Crippen MR) is 146 cm³/mol. The molecule has 3 unspecified atom stereocenters. The average Bonchev–Trinajstić information content (AvgIpc) is 3.32. The number of likely N-dealkylation sites (tertiary alicyclic amines) is 1. The number of aromatic nitrogens is 1. The Morgan fingerprint density at radius 2 is 1.82 bits per heavy atom. The van der Waals surface area contributed by atoms with E-state index in [4.69, 9.17) is 0 Å². The summed E-state index contributed by atoms with van der Waals surface area (Å²) in [6.07, 6.45) is 9.03. The second-order valence-corrected chi connectivity index (χ2v) is 11.5. The van der Waals surface area contributed by atoms with E-state index in [0.29, 0.717) is 11.3 Å². The molecule has 2 N–H and O–H groups in total. The van der Waals surface area contributed by atoms with Crippen molar-refractivity contribution >= 4 is 17.5 Å². The Bertz CT molecular complexity index is 1270. The molecule has 0 radical (unpaired) electrons. The Morgan fingerprint density at radius 3 is 2.44 bits per heavy atom. The van der Waals surface area contributed by atoms with E-state index in [9.17, 15) is 25.2 Å². The molecule has 1 aromatic carbocycles. The maximum Gasteiger partial charge on any atom is 0.251 e. The summed E-state index contributed by atoms with van der Waals surface area (Å²) in [5, 5.41) is 33.1. The standard InChI is InChI=1S/C30H36N6O3/c1-30(2,3)21-9-11-23(12-10-21)36(29(39)26-15-24(37)18-35(26)19-32)27(25-17-33-14-13-20(25)16-31)28(38)34-22-7-5-4-6-8-22/h9-14,17,22,24,26-27,37H,4-8,15,18H2,1-3H3,(H,34,38). The molecule has 204 valence electrons. The van der Waals surface area contributed by atoms with Crippen molar-refractivity contribution in [2.45, 2.75) is 88.9 Å². The zero-order valence-corrected chi connectivity index (χ0v) is 22.8. The summed E-state index contributed by atoms with van der Waals surface area (Å²) in [5.41, 5.74) is 1.93. The summed E-state index contributed by atoms with van der Waals surface area (Å²) in [5.74, 6) is -0.894. The molecule has 1 aliphatic carbocycles. The van der Waals surface area contributed by atoms with Crippen LogP contribution in [0.15, 0.2) is 42.7 Å². The fourth-order valence-corrected chi connectivity index (χ4v) is 5.50. The lowest BCUT2D eigenvalue weighted by Crippen LogP contribution is -2.52. The quantitative estimate of drug-likeness (QED) is 0.546. The molecule has 3 atom stereocenters. The van der Waals surface area contributed by atoms with Crippen LogP contribution in [0.2, 0.25) is 0 Å². The molecule has 2 fully saturated rings. The molecule has 1 aliphatic heterocycles. The van der Waals surface area contributed by atoms with Gasteiger partial charge in [-0.1, -0.05) is 52.2 Å². The highest BCUT2D eigenvalue weighted by molar-refractivity contribution is 6.04. The molecule has 39 heavy (non-hydrogen) atoms. The first-order valence-corrected chi connectivity index (χ1v) is 13.6. The summed E-state index contributed by atoms with van der Waals surface area (Å²) < 4.78 is 0. The number of pyridine rings is 1. The summed E-state index contributed by atoms with van der Waals surface area (Å²) >= 11 is 0. The largest absolute Gasteiger partial charge is 0.391 e. The molecule has 9 heteroatoms. The second-order valence-electron chi connectivity index (χ2n) is 11.5. The van der Waals surface area contributed by atoms with Crippen molar-refractivity contribution in [1.29, 1.82) is 10.5 Å². The maximum absolute atomic E-state index is 14.3. The summed E-state index contributed by atoms with van der Waals surface area (Å²) in [6.45, 7) is 6.31. The highest BCUT2D eigenvalue weighted by Crippen LogP contribution is 2.34. The van der Waals surface area contributed by atoms with Crippen molar-refractivity contribution in [3.63, 3.8) is 0 Å². The average molecular weight is 529 g/mol. The lowest BCUT2D eigenvalue weighted by molar-refractivity contribution is -0.128. The van der Waals surface area contributed by atoms with Gasteiger partial charge >= 0.3 is 0 Å². The first-order chi connectivity index (χ1) is 18.6. The lowest BCUT2D eigenvalue weighted by atomic mass is 9.87. The van der Waals surface area contributed by atoms with Gasteiger partial charge < -0.3 is 10.4 Å². The fourth-order valence-electron chi connectivity index (χ4n) is 5.50. The van der Waals surface area contributed by atoms with E-state index in [1.807, 2.05) is 18.3 Å². The molecule has 2 amide bonds. The number of aliphatic hydroxyl groups is 1. The molecule has 2 aliphatic rings. The monoisotopic (exact) mass is 528 g/mol. The number of nitriles is 2. The van der Waals surface area contributed by atoms with Crippen molar-refractivity contribution in [3.05, 3.63) is 59.4 Å². The van der Waals surface area contributed by atoms with Crippen molar-refractivity contribution in [2.24, 2.45) is 0 Å². The molecule has 9 nitrogen and oxygen atoms in total. The third kappa shape index (κ3) is 6.21. The second kappa shape index (κ2) is 11.8. The molecule has 2 aromatic rings. The smallest absolute Gasteiger partial charge is 0.251 e. The molecule has 2 heterocycles. The van der Waals surface area contributed by atoms with Crippen LogP contribution in [0.4, 0.5) is 5.69 Å². The number of amides is 2. The lowest BCUT2D eigenvalue weighted by Gasteiger charge is -2.36. The van der Waals surface area contributed by atoms with Crippen molar-refractivity contribution < 1.29 is 14.7 Å². The number of nitrogens with one attached hydrogen (secondary N) is 1. The van der Waals surface area contributed by atoms with Crippen LogP contribution in [-0.4, -0.2) is 51.5 Å². The zero-order chi connectivity index (χ0) is 28.2. The van der Waals surface area contributed by atoms with Crippen molar-refractivity contribution in [2.75, 3.05) is 11.4 Å². The van der Waals surface area contributed by atoms with Gasteiger partial charge in [0.1, 0.15) is 12.1 Å². The minimum Gasteiger partial charge on any atom is -0.391 e. The number of carbonyl (C=O) groups is 2. The number of hydrogen-bond donors (Lipinski definition) is 2. The molecule has 0 bridgehead atoms.